The Balaban J connectivity index is 1.69. The zero-order chi connectivity index (χ0) is 26.8. The summed E-state index contributed by atoms with van der Waals surface area (Å²) in [5.74, 6) is -0.999. The van der Waals surface area contributed by atoms with Gasteiger partial charge in [0.15, 0.2) is 21.5 Å². The van der Waals surface area contributed by atoms with Crippen LogP contribution < -0.4 is 21.3 Å². The number of aromatic nitrogens is 2. The molecule has 0 atom stereocenters. The molecule has 0 radical (unpaired) electrons. The Morgan fingerprint density at radius 2 is 1.84 bits per heavy atom. The van der Waals surface area contributed by atoms with Gasteiger partial charge in [0.1, 0.15) is 0 Å². The third-order valence-corrected chi connectivity index (χ3v) is 6.66. The second-order valence-corrected chi connectivity index (χ2v) is 10.8. The summed E-state index contributed by atoms with van der Waals surface area (Å²) in [6.45, 7) is 8.20. The van der Waals surface area contributed by atoms with Crippen molar-refractivity contribution in [1.29, 1.82) is 0 Å². The summed E-state index contributed by atoms with van der Waals surface area (Å²) in [6, 6.07) is 13.5. The van der Waals surface area contributed by atoms with Crippen LogP contribution >= 0.6 is 0 Å². The third kappa shape index (κ3) is 8.65. The van der Waals surface area contributed by atoms with Crippen molar-refractivity contribution >= 4 is 38.9 Å². The van der Waals surface area contributed by atoms with E-state index in [9.17, 15) is 17.6 Å². The molecule has 196 valence electrons. The number of nitrogens with zero attached hydrogens (tertiary/aromatic N) is 2. The van der Waals surface area contributed by atoms with Gasteiger partial charge in [-0.25, -0.2) is 17.8 Å². The van der Waals surface area contributed by atoms with Crippen molar-refractivity contribution in [3.8, 4) is 0 Å². The van der Waals surface area contributed by atoms with Crippen molar-refractivity contribution in [2.24, 2.45) is 0 Å². The van der Waals surface area contributed by atoms with E-state index in [1.807, 2.05) is 13.8 Å². The van der Waals surface area contributed by atoms with E-state index < -0.39 is 15.7 Å². The van der Waals surface area contributed by atoms with Gasteiger partial charge >= 0.3 is 0 Å². The van der Waals surface area contributed by atoms with Gasteiger partial charge in [0.25, 0.3) is 5.91 Å². The van der Waals surface area contributed by atoms with E-state index in [2.05, 4.69) is 37.8 Å². The van der Waals surface area contributed by atoms with Crippen LogP contribution in [0.1, 0.15) is 29.8 Å². The van der Waals surface area contributed by atoms with Crippen LogP contribution in [0.2, 0.25) is 0 Å². The second kappa shape index (κ2) is 12.9. The standard InChI is InChI=1S/C26H31FN6O3S/c1-4-13-28-14-15-37(35,36)17-19-9-11-20(12-10-19)31-26-29-16-22(27)24(33-26)32-23-8-6-5-7-21(23)25(34)30-18(2)3/h4-12,16,18,28H,1,13-15,17H2,2-3H3,(H,30,34)(H2,29,31,32,33). The average Bonchev–Trinajstić information content (AvgIpc) is 2.85. The second-order valence-electron chi connectivity index (χ2n) is 8.60. The number of hydrogen-bond donors (Lipinski definition) is 4. The van der Waals surface area contributed by atoms with E-state index in [0.29, 0.717) is 35.6 Å². The summed E-state index contributed by atoms with van der Waals surface area (Å²) in [4.78, 5) is 20.7. The maximum absolute atomic E-state index is 14.5. The largest absolute Gasteiger partial charge is 0.350 e. The summed E-state index contributed by atoms with van der Waals surface area (Å²) in [7, 11) is -3.26. The maximum Gasteiger partial charge on any atom is 0.253 e. The lowest BCUT2D eigenvalue weighted by atomic mass is 10.1. The van der Waals surface area contributed by atoms with Gasteiger partial charge in [0, 0.05) is 24.8 Å². The average molecular weight is 527 g/mol. The van der Waals surface area contributed by atoms with Crippen molar-refractivity contribution in [1.82, 2.24) is 20.6 Å². The highest BCUT2D eigenvalue weighted by Gasteiger charge is 2.15. The summed E-state index contributed by atoms with van der Waals surface area (Å²) in [6.07, 6.45) is 2.70. The van der Waals surface area contributed by atoms with Crippen LogP contribution in [0.4, 0.5) is 27.5 Å². The van der Waals surface area contributed by atoms with E-state index in [-0.39, 0.29) is 35.2 Å². The molecule has 1 aromatic heterocycles. The monoisotopic (exact) mass is 526 g/mol. The van der Waals surface area contributed by atoms with Crippen molar-refractivity contribution in [3.05, 3.63) is 84.3 Å². The Labute approximate surface area is 216 Å². The lowest BCUT2D eigenvalue weighted by Gasteiger charge is -2.14. The molecule has 4 N–H and O–H groups in total. The molecule has 9 nitrogen and oxygen atoms in total. The zero-order valence-corrected chi connectivity index (χ0v) is 21.6. The number of benzene rings is 2. The molecular formula is C26H31FN6O3S. The molecule has 1 amide bonds. The molecule has 1 heterocycles. The molecule has 3 rings (SSSR count). The number of para-hydroxylation sites is 1. The first kappa shape index (κ1) is 27.8. The molecule has 0 aliphatic carbocycles. The number of nitrogens with one attached hydrogen (secondary N) is 4. The van der Waals surface area contributed by atoms with Gasteiger partial charge in [0.05, 0.1) is 29.0 Å². The van der Waals surface area contributed by atoms with Crippen molar-refractivity contribution in [2.45, 2.75) is 25.6 Å². The predicted octanol–water partition coefficient (Wildman–Crippen LogP) is 3.93. The van der Waals surface area contributed by atoms with Gasteiger partial charge in [-0.1, -0.05) is 30.3 Å². The fourth-order valence-electron chi connectivity index (χ4n) is 3.34. The van der Waals surface area contributed by atoms with E-state index in [1.54, 1.807) is 54.6 Å². The molecule has 3 aromatic rings. The molecule has 0 bridgehead atoms. The molecule has 11 heteroatoms. The van der Waals surface area contributed by atoms with Gasteiger partial charge in [-0.3, -0.25) is 4.79 Å². The highest BCUT2D eigenvalue weighted by molar-refractivity contribution is 7.90. The quantitative estimate of drug-likeness (QED) is 0.195. The Morgan fingerprint density at radius 3 is 2.54 bits per heavy atom. The van der Waals surface area contributed by atoms with E-state index in [1.165, 1.54) is 0 Å². The molecule has 0 unspecified atom stereocenters. The summed E-state index contributed by atoms with van der Waals surface area (Å²) >= 11 is 0. The van der Waals surface area contributed by atoms with Crippen LogP contribution in [-0.4, -0.2) is 49.2 Å². The van der Waals surface area contributed by atoms with Gasteiger partial charge < -0.3 is 21.3 Å². The first-order valence-electron chi connectivity index (χ1n) is 11.7. The summed E-state index contributed by atoms with van der Waals surface area (Å²) in [5, 5.41) is 11.7. The Hall–Kier alpha value is -3.83. The SMILES string of the molecule is C=CCNCCS(=O)(=O)Cc1ccc(Nc2ncc(F)c(Nc3ccccc3C(=O)NC(C)C)n2)cc1. The Morgan fingerprint density at radius 1 is 1.11 bits per heavy atom. The van der Waals surface area contributed by atoms with Gasteiger partial charge in [-0.15, -0.1) is 6.58 Å². The van der Waals surface area contributed by atoms with E-state index in [0.717, 1.165) is 6.20 Å². The number of amides is 1. The van der Waals surface area contributed by atoms with Crippen molar-refractivity contribution in [2.75, 3.05) is 29.5 Å². The van der Waals surface area contributed by atoms with Gasteiger partial charge in [-0.05, 0) is 43.7 Å². The minimum absolute atomic E-state index is 0.0301. The highest BCUT2D eigenvalue weighted by Crippen LogP contribution is 2.23. The minimum Gasteiger partial charge on any atom is -0.350 e. The third-order valence-electron chi connectivity index (χ3n) is 5.06. The normalized spacial score (nSPS) is 11.2. The lowest BCUT2D eigenvalue weighted by molar-refractivity contribution is 0.0944. The van der Waals surface area contributed by atoms with Crippen LogP contribution in [0.5, 0.6) is 0 Å². The molecule has 0 saturated heterocycles. The van der Waals surface area contributed by atoms with Gasteiger partial charge in [0.2, 0.25) is 5.95 Å². The summed E-state index contributed by atoms with van der Waals surface area (Å²) < 4.78 is 39.1. The molecule has 2 aromatic carbocycles. The number of sulfone groups is 1. The highest BCUT2D eigenvalue weighted by atomic mass is 32.2. The van der Waals surface area contributed by atoms with Crippen LogP contribution in [0.15, 0.2) is 67.4 Å². The number of halogens is 1. The molecule has 0 spiro atoms. The molecule has 0 aliphatic heterocycles. The van der Waals surface area contributed by atoms with Crippen LogP contribution in [0.3, 0.4) is 0 Å². The van der Waals surface area contributed by atoms with Gasteiger partial charge in [-0.2, -0.15) is 4.98 Å². The number of carbonyl (C=O) groups excluding carboxylic acids is 1. The molecule has 0 fully saturated rings. The fourth-order valence-corrected chi connectivity index (χ4v) is 4.64. The van der Waals surface area contributed by atoms with E-state index >= 15 is 0 Å². The minimum atomic E-state index is -3.26. The first-order valence-corrected chi connectivity index (χ1v) is 13.6. The fraction of sp³-hybridized carbons (Fsp3) is 0.269. The van der Waals surface area contributed by atoms with Crippen LogP contribution in [-0.2, 0) is 15.6 Å². The van der Waals surface area contributed by atoms with Crippen molar-refractivity contribution in [3.63, 3.8) is 0 Å². The number of carbonyl (C=O) groups is 1. The first-order chi connectivity index (χ1) is 17.7. The number of hydrogen-bond acceptors (Lipinski definition) is 8. The molecular weight excluding hydrogens is 495 g/mol. The predicted molar refractivity (Wildman–Crippen MR) is 145 cm³/mol. The number of anilines is 4. The topological polar surface area (TPSA) is 125 Å². The molecule has 0 aliphatic rings. The van der Waals surface area contributed by atoms with Crippen LogP contribution in [0.25, 0.3) is 0 Å². The molecule has 0 saturated carbocycles. The Bertz CT molecular complexity index is 1330. The Kier molecular flexibility index (Phi) is 9.70. The smallest absolute Gasteiger partial charge is 0.253 e. The van der Waals surface area contributed by atoms with E-state index in [4.69, 9.17) is 0 Å². The van der Waals surface area contributed by atoms with Crippen molar-refractivity contribution < 1.29 is 17.6 Å². The maximum atomic E-state index is 14.5. The van der Waals surface area contributed by atoms with Crippen LogP contribution in [0, 0.1) is 5.82 Å². The number of rotatable bonds is 13. The summed E-state index contributed by atoms with van der Waals surface area (Å²) in [5.41, 5.74) is 2.00. The zero-order valence-electron chi connectivity index (χ0n) is 20.8. The molecule has 37 heavy (non-hydrogen) atoms. The lowest BCUT2D eigenvalue weighted by Crippen LogP contribution is -2.30.